The van der Waals surface area contributed by atoms with Gasteiger partial charge >= 0.3 is 0 Å². The molecule has 1 atom stereocenters. The summed E-state index contributed by atoms with van der Waals surface area (Å²) in [5.74, 6) is 0.687. The van der Waals surface area contributed by atoms with Gasteiger partial charge in [-0.3, -0.25) is 0 Å². The minimum Gasteiger partial charge on any atom is -0.316 e. The van der Waals surface area contributed by atoms with Gasteiger partial charge in [0.25, 0.3) is 0 Å². The summed E-state index contributed by atoms with van der Waals surface area (Å²) in [6.07, 6.45) is 1.16. The van der Waals surface area contributed by atoms with Gasteiger partial charge < -0.3 is 5.32 Å². The van der Waals surface area contributed by atoms with E-state index in [1.807, 2.05) is 11.3 Å². The molecule has 0 aliphatic carbocycles. The standard InChI is InChI=1S/C13H22BrNS/c1-5-15-9-13(4,10(2)3)7-12-6-11(14)8-16-12/h6,8,10,15H,5,7,9H2,1-4H3. The second-order valence-corrected chi connectivity index (χ2v) is 6.91. The minimum absolute atomic E-state index is 0.348. The summed E-state index contributed by atoms with van der Waals surface area (Å²) in [5, 5.41) is 5.66. The highest BCUT2D eigenvalue weighted by Crippen LogP contribution is 2.33. The molecule has 1 N–H and O–H groups in total. The fraction of sp³-hybridized carbons (Fsp3) is 0.692. The van der Waals surface area contributed by atoms with E-state index in [2.05, 4.69) is 60.4 Å². The topological polar surface area (TPSA) is 12.0 Å². The van der Waals surface area contributed by atoms with E-state index in [4.69, 9.17) is 0 Å². The van der Waals surface area contributed by atoms with Gasteiger partial charge in [-0.25, -0.2) is 0 Å². The number of rotatable bonds is 6. The molecule has 1 unspecified atom stereocenters. The molecule has 1 rings (SSSR count). The third kappa shape index (κ3) is 3.86. The smallest absolute Gasteiger partial charge is 0.0285 e. The Hall–Kier alpha value is 0.140. The van der Waals surface area contributed by atoms with Crippen molar-refractivity contribution in [2.24, 2.45) is 11.3 Å². The summed E-state index contributed by atoms with van der Waals surface area (Å²) < 4.78 is 1.21. The van der Waals surface area contributed by atoms with Crippen LogP contribution in [0.3, 0.4) is 0 Å². The van der Waals surface area contributed by atoms with Crippen molar-refractivity contribution in [3.05, 3.63) is 20.8 Å². The van der Waals surface area contributed by atoms with Crippen LogP contribution in [-0.2, 0) is 6.42 Å². The van der Waals surface area contributed by atoms with Crippen LogP contribution >= 0.6 is 27.3 Å². The van der Waals surface area contributed by atoms with E-state index in [0.717, 1.165) is 19.5 Å². The van der Waals surface area contributed by atoms with Crippen molar-refractivity contribution in [2.75, 3.05) is 13.1 Å². The van der Waals surface area contributed by atoms with Gasteiger partial charge in [-0.2, -0.15) is 0 Å². The summed E-state index contributed by atoms with van der Waals surface area (Å²) in [6, 6.07) is 2.25. The van der Waals surface area contributed by atoms with Gasteiger partial charge in [-0.05, 0) is 46.3 Å². The molecule has 0 fully saturated rings. The predicted octanol–water partition coefficient (Wildman–Crippen LogP) is 4.32. The first-order valence-electron chi connectivity index (χ1n) is 5.91. The summed E-state index contributed by atoms with van der Waals surface area (Å²) in [6.45, 7) is 11.3. The van der Waals surface area contributed by atoms with Crippen LogP contribution < -0.4 is 5.32 Å². The summed E-state index contributed by atoms with van der Waals surface area (Å²) in [4.78, 5) is 1.47. The Kier molecular flexibility index (Phi) is 5.48. The van der Waals surface area contributed by atoms with Crippen molar-refractivity contribution in [3.63, 3.8) is 0 Å². The molecule has 0 aliphatic rings. The number of halogens is 1. The molecule has 92 valence electrons. The van der Waals surface area contributed by atoms with Gasteiger partial charge in [0.1, 0.15) is 0 Å². The van der Waals surface area contributed by atoms with Crippen LogP contribution in [0.25, 0.3) is 0 Å². The molecule has 0 saturated heterocycles. The quantitative estimate of drug-likeness (QED) is 0.825. The summed E-state index contributed by atoms with van der Waals surface area (Å²) in [5.41, 5.74) is 0.348. The van der Waals surface area contributed by atoms with E-state index in [1.165, 1.54) is 9.35 Å². The number of hydrogen-bond acceptors (Lipinski definition) is 2. The lowest BCUT2D eigenvalue weighted by Crippen LogP contribution is -2.37. The molecule has 1 heterocycles. The SMILES string of the molecule is CCNCC(C)(Cc1cc(Br)cs1)C(C)C. The Bertz CT molecular complexity index is 321. The molecule has 16 heavy (non-hydrogen) atoms. The zero-order valence-corrected chi connectivity index (χ0v) is 13.0. The van der Waals surface area contributed by atoms with Crippen molar-refractivity contribution in [3.8, 4) is 0 Å². The van der Waals surface area contributed by atoms with Crippen molar-refractivity contribution >= 4 is 27.3 Å². The van der Waals surface area contributed by atoms with Gasteiger partial charge in [0.05, 0.1) is 0 Å². The molecule has 0 aliphatic heterocycles. The van der Waals surface area contributed by atoms with Crippen LogP contribution in [0.4, 0.5) is 0 Å². The molecular weight excluding hydrogens is 282 g/mol. The number of nitrogens with one attached hydrogen (secondary N) is 1. The van der Waals surface area contributed by atoms with Gasteiger partial charge in [0, 0.05) is 21.3 Å². The van der Waals surface area contributed by atoms with Crippen LogP contribution in [0.2, 0.25) is 0 Å². The first-order chi connectivity index (χ1) is 7.48. The lowest BCUT2D eigenvalue weighted by atomic mass is 9.76. The maximum atomic E-state index is 3.52. The monoisotopic (exact) mass is 303 g/mol. The van der Waals surface area contributed by atoms with Gasteiger partial charge in [-0.1, -0.05) is 27.7 Å². The van der Waals surface area contributed by atoms with Gasteiger partial charge in [0.15, 0.2) is 0 Å². The molecule has 0 radical (unpaired) electrons. The average Bonchev–Trinajstić information content (AvgIpc) is 2.60. The Morgan fingerprint density at radius 2 is 2.19 bits per heavy atom. The van der Waals surface area contributed by atoms with E-state index in [0.29, 0.717) is 11.3 Å². The molecule has 0 aromatic carbocycles. The highest BCUT2D eigenvalue weighted by atomic mass is 79.9. The molecular formula is C13H22BrNS. The third-order valence-corrected chi connectivity index (χ3v) is 5.07. The van der Waals surface area contributed by atoms with E-state index in [9.17, 15) is 0 Å². The number of thiophene rings is 1. The molecule has 1 aromatic heterocycles. The zero-order valence-electron chi connectivity index (χ0n) is 10.6. The largest absolute Gasteiger partial charge is 0.316 e. The lowest BCUT2D eigenvalue weighted by molar-refractivity contribution is 0.210. The second-order valence-electron chi connectivity index (χ2n) is 5.00. The normalized spacial score (nSPS) is 15.4. The minimum atomic E-state index is 0.348. The summed E-state index contributed by atoms with van der Waals surface area (Å²) >= 11 is 5.38. The Morgan fingerprint density at radius 1 is 1.50 bits per heavy atom. The first-order valence-corrected chi connectivity index (χ1v) is 7.59. The highest BCUT2D eigenvalue weighted by molar-refractivity contribution is 9.10. The van der Waals surface area contributed by atoms with Crippen molar-refractivity contribution in [1.82, 2.24) is 5.32 Å². The highest BCUT2D eigenvalue weighted by Gasteiger charge is 2.28. The third-order valence-electron chi connectivity index (χ3n) is 3.37. The predicted molar refractivity (Wildman–Crippen MR) is 77.2 cm³/mol. The number of hydrogen-bond donors (Lipinski definition) is 1. The average molecular weight is 304 g/mol. The van der Waals surface area contributed by atoms with Crippen LogP contribution in [0.5, 0.6) is 0 Å². The molecule has 0 amide bonds. The van der Waals surface area contributed by atoms with Crippen LogP contribution in [0.1, 0.15) is 32.6 Å². The Balaban J connectivity index is 2.70. The maximum Gasteiger partial charge on any atom is 0.0285 e. The summed E-state index contributed by atoms with van der Waals surface area (Å²) in [7, 11) is 0. The maximum absolute atomic E-state index is 3.52. The Labute approximate surface area is 112 Å². The van der Waals surface area contributed by atoms with Gasteiger partial charge in [-0.15, -0.1) is 11.3 Å². The van der Waals surface area contributed by atoms with E-state index in [-0.39, 0.29) is 0 Å². The van der Waals surface area contributed by atoms with E-state index < -0.39 is 0 Å². The fourth-order valence-corrected chi connectivity index (χ4v) is 3.37. The zero-order chi connectivity index (χ0) is 12.2. The molecule has 0 bridgehead atoms. The van der Waals surface area contributed by atoms with Gasteiger partial charge in [0.2, 0.25) is 0 Å². The van der Waals surface area contributed by atoms with E-state index in [1.54, 1.807) is 0 Å². The van der Waals surface area contributed by atoms with E-state index >= 15 is 0 Å². The van der Waals surface area contributed by atoms with Crippen LogP contribution in [0.15, 0.2) is 15.9 Å². The lowest BCUT2D eigenvalue weighted by Gasteiger charge is -2.33. The van der Waals surface area contributed by atoms with Crippen LogP contribution in [-0.4, -0.2) is 13.1 Å². The fourth-order valence-electron chi connectivity index (χ4n) is 1.73. The van der Waals surface area contributed by atoms with Crippen molar-refractivity contribution in [2.45, 2.75) is 34.1 Å². The molecule has 0 saturated carbocycles. The van der Waals surface area contributed by atoms with Crippen LogP contribution in [0, 0.1) is 11.3 Å². The Morgan fingerprint density at radius 3 is 2.62 bits per heavy atom. The molecule has 1 aromatic rings. The van der Waals surface area contributed by atoms with Crippen molar-refractivity contribution < 1.29 is 0 Å². The second kappa shape index (κ2) is 6.18. The molecule has 0 spiro atoms. The molecule has 3 heteroatoms. The molecule has 1 nitrogen and oxygen atoms in total. The first kappa shape index (κ1) is 14.2. The van der Waals surface area contributed by atoms with Crippen molar-refractivity contribution in [1.29, 1.82) is 0 Å².